The molecule has 2 aromatic carbocycles. The topological polar surface area (TPSA) is 80.2 Å². The summed E-state index contributed by atoms with van der Waals surface area (Å²) in [5.41, 5.74) is 2.45. The molecule has 168 valence electrons. The number of aromatic hydroxyl groups is 1. The predicted molar refractivity (Wildman–Crippen MR) is 138 cm³/mol. The summed E-state index contributed by atoms with van der Waals surface area (Å²) >= 11 is 6.10. The van der Waals surface area contributed by atoms with Crippen molar-refractivity contribution in [2.75, 3.05) is 50.0 Å². The molecule has 0 saturated carbocycles. The molecule has 9 heteroatoms. The van der Waals surface area contributed by atoms with Crippen molar-refractivity contribution in [2.24, 2.45) is 4.99 Å². The number of hydrogen-bond acceptors (Lipinski definition) is 4. The van der Waals surface area contributed by atoms with Crippen LogP contribution >= 0.6 is 35.6 Å². The zero-order valence-electron chi connectivity index (χ0n) is 17.8. The fraction of sp³-hybridized carbons (Fsp3) is 0.364. The van der Waals surface area contributed by atoms with Gasteiger partial charge in [-0.15, -0.1) is 24.0 Å². The van der Waals surface area contributed by atoms with Gasteiger partial charge in [-0.25, -0.2) is 0 Å². The van der Waals surface area contributed by atoms with E-state index in [1.807, 2.05) is 37.3 Å². The van der Waals surface area contributed by atoms with E-state index in [0.717, 1.165) is 49.1 Å². The first-order valence-electron chi connectivity index (χ1n) is 10.0. The SMILES string of the molecule is CN=C(NCCC(=O)Nc1cccc(Cl)c1C)N1CCN(c2ccccc2O)CC1.I. The van der Waals surface area contributed by atoms with Crippen LogP contribution in [0, 0.1) is 6.92 Å². The van der Waals surface area contributed by atoms with E-state index in [4.69, 9.17) is 11.6 Å². The van der Waals surface area contributed by atoms with E-state index < -0.39 is 0 Å². The summed E-state index contributed by atoms with van der Waals surface area (Å²) in [7, 11) is 1.74. The molecule has 7 nitrogen and oxygen atoms in total. The van der Waals surface area contributed by atoms with Crippen molar-refractivity contribution in [1.82, 2.24) is 10.2 Å². The molecule has 1 saturated heterocycles. The first-order chi connectivity index (χ1) is 14.5. The number of hydrogen-bond donors (Lipinski definition) is 3. The highest BCUT2D eigenvalue weighted by molar-refractivity contribution is 14.0. The number of benzene rings is 2. The predicted octanol–water partition coefficient (Wildman–Crippen LogP) is 3.70. The Hall–Kier alpha value is -2.20. The summed E-state index contributed by atoms with van der Waals surface area (Å²) < 4.78 is 0. The number of nitrogens with one attached hydrogen (secondary N) is 2. The minimum Gasteiger partial charge on any atom is -0.506 e. The Kier molecular flexibility index (Phi) is 9.70. The Labute approximate surface area is 205 Å². The Balaban J connectivity index is 0.00000341. The molecule has 1 aliphatic rings. The summed E-state index contributed by atoms with van der Waals surface area (Å²) in [6.45, 7) is 5.49. The molecule has 1 amide bonds. The molecule has 1 aliphatic heterocycles. The second-order valence-corrected chi connectivity index (χ2v) is 7.55. The minimum atomic E-state index is -0.0762. The number of para-hydroxylation sites is 2. The molecule has 0 atom stereocenters. The molecular weight excluding hydrogens is 529 g/mol. The number of halogens is 2. The monoisotopic (exact) mass is 557 g/mol. The third kappa shape index (κ3) is 6.64. The Morgan fingerprint density at radius 2 is 1.84 bits per heavy atom. The van der Waals surface area contributed by atoms with Gasteiger partial charge in [-0.3, -0.25) is 9.79 Å². The number of carbonyl (C=O) groups excluding carboxylic acids is 1. The van der Waals surface area contributed by atoms with Gasteiger partial charge in [0.05, 0.1) is 5.69 Å². The van der Waals surface area contributed by atoms with Crippen molar-refractivity contribution in [2.45, 2.75) is 13.3 Å². The second-order valence-electron chi connectivity index (χ2n) is 7.15. The fourth-order valence-electron chi connectivity index (χ4n) is 3.47. The lowest BCUT2D eigenvalue weighted by atomic mass is 10.2. The van der Waals surface area contributed by atoms with E-state index in [2.05, 4.69) is 25.4 Å². The molecule has 0 bridgehead atoms. The quantitative estimate of drug-likeness (QED) is 0.297. The van der Waals surface area contributed by atoms with Gasteiger partial charge in [-0.05, 0) is 36.8 Å². The van der Waals surface area contributed by atoms with Gasteiger partial charge in [0, 0.05) is 56.9 Å². The van der Waals surface area contributed by atoms with E-state index in [9.17, 15) is 9.90 Å². The van der Waals surface area contributed by atoms with Gasteiger partial charge in [-0.2, -0.15) is 0 Å². The highest BCUT2D eigenvalue weighted by Crippen LogP contribution is 2.27. The molecular formula is C22H29ClIN5O2. The normalized spacial score (nSPS) is 14.1. The van der Waals surface area contributed by atoms with Crippen molar-refractivity contribution in [3.8, 4) is 5.75 Å². The lowest BCUT2D eigenvalue weighted by molar-refractivity contribution is -0.116. The largest absolute Gasteiger partial charge is 0.506 e. The van der Waals surface area contributed by atoms with Gasteiger partial charge >= 0.3 is 0 Å². The maximum absolute atomic E-state index is 12.3. The number of guanidine groups is 1. The van der Waals surface area contributed by atoms with Crippen molar-refractivity contribution in [1.29, 1.82) is 0 Å². The number of rotatable bonds is 5. The second kappa shape index (κ2) is 12.0. The number of carbonyl (C=O) groups is 1. The van der Waals surface area contributed by atoms with E-state index >= 15 is 0 Å². The third-order valence-corrected chi connectivity index (χ3v) is 5.60. The fourth-order valence-corrected chi connectivity index (χ4v) is 3.64. The molecule has 3 rings (SSSR count). The van der Waals surface area contributed by atoms with Crippen molar-refractivity contribution >= 4 is 58.8 Å². The molecule has 0 spiro atoms. The summed E-state index contributed by atoms with van der Waals surface area (Å²) in [4.78, 5) is 21.0. The van der Waals surface area contributed by atoms with Crippen LogP contribution < -0.4 is 15.5 Å². The molecule has 0 aromatic heterocycles. The highest BCUT2D eigenvalue weighted by Gasteiger charge is 2.21. The number of amides is 1. The number of phenols is 1. The van der Waals surface area contributed by atoms with Crippen LogP contribution in [0.25, 0.3) is 0 Å². The van der Waals surface area contributed by atoms with Crippen LogP contribution in [0.4, 0.5) is 11.4 Å². The number of aliphatic imine (C=N–C) groups is 1. The number of phenolic OH excluding ortho intramolecular Hbond substituents is 1. The summed E-state index contributed by atoms with van der Waals surface area (Å²) in [5, 5.41) is 16.9. The molecule has 31 heavy (non-hydrogen) atoms. The molecule has 0 unspecified atom stereocenters. The average Bonchev–Trinajstić information content (AvgIpc) is 2.75. The summed E-state index contributed by atoms with van der Waals surface area (Å²) in [5.74, 6) is 1.00. The van der Waals surface area contributed by atoms with Crippen LogP contribution in [0.2, 0.25) is 5.02 Å². The highest BCUT2D eigenvalue weighted by atomic mass is 127. The van der Waals surface area contributed by atoms with Gasteiger partial charge in [0.15, 0.2) is 5.96 Å². The van der Waals surface area contributed by atoms with Gasteiger partial charge in [0.25, 0.3) is 0 Å². The first kappa shape index (κ1) is 25.1. The third-order valence-electron chi connectivity index (χ3n) is 5.19. The van der Waals surface area contributed by atoms with Crippen LogP contribution in [0.5, 0.6) is 5.75 Å². The zero-order valence-corrected chi connectivity index (χ0v) is 20.9. The maximum Gasteiger partial charge on any atom is 0.226 e. The zero-order chi connectivity index (χ0) is 21.5. The molecule has 3 N–H and O–H groups in total. The van der Waals surface area contributed by atoms with Crippen LogP contribution in [-0.4, -0.2) is 61.6 Å². The first-order valence-corrected chi connectivity index (χ1v) is 10.4. The van der Waals surface area contributed by atoms with E-state index in [1.165, 1.54) is 0 Å². The lowest BCUT2D eigenvalue weighted by Crippen LogP contribution is -2.52. The van der Waals surface area contributed by atoms with Crippen molar-refractivity contribution < 1.29 is 9.90 Å². The summed E-state index contributed by atoms with van der Waals surface area (Å²) in [6, 6.07) is 12.9. The van der Waals surface area contributed by atoms with Crippen molar-refractivity contribution in [3.63, 3.8) is 0 Å². The van der Waals surface area contributed by atoms with Crippen LogP contribution in [-0.2, 0) is 4.79 Å². The molecule has 1 heterocycles. The number of anilines is 2. The molecule has 0 radical (unpaired) electrons. The van der Waals surface area contributed by atoms with E-state index in [0.29, 0.717) is 23.7 Å². The average molecular weight is 558 g/mol. The Morgan fingerprint density at radius 1 is 1.13 bits per heavy atom. The molecule has 2 aromatic rings. The summed E-state index contributed by atoms with van der Waals surface area (Å²) in [6.07, 6.45) is 0.322. The van der Waals surface area contributed by atoms with Crippen LogP contribution in [0.1, 0.15) is 12.0 Å². The van der Waals surface area contributed by atoms with Gasteiger partial charge in [0.1, 0.15) is 5.75 Å². The van der Waals surface area contributed by atoms with Crippen LogP contribution in [0.15, 0.2) is 47.5 Å². The minimum absolute atomic E-state index is 0. The maximum atomic E-state index is 12.3. The van der Waals surface area contributed by atoms with E-state index in [-0.39, 0.29) is 29.9 Å². The van der Waals surface area contributed by atoms with Gasteiger partial charge in [0.2, 0.25) is 5.91 Å². The smallest absolute Gasteiger partial charge is 0.226 e. The van der Waals surface area contributed by atoms with Gasteiger partial charge < -0.3 is 25.5 Å². The number of piperazine rings is 1. The van der Waals surface area contributed by atoms with Crippen molar-refractivity contribution in [3.05, 3.63) is 53.1 Å². The van der Waals surface area contributed by atoms with Crippen LogP contribution in [0.3, 0.4) is 0 Å². The number of nitrogens with zero attached hydrogens (tertiary/aromatic N) is 3. The Bertz CT molecular complexity index is 917. The standard InChI is InChI=1S/C22H28ClN5O2.HI/c1-16-17(23)6-5-7-18(16)26-21(30)10-11-25-22(24-2)28-14-12-27(13-15-28)19-8-3-4-9-20(19)29;/h3-9,29H,10-15H2,1-2H3,(H,24,25)(H,26,30);1H. The Morgan fingerprint density at radius 3 is 2.52 bits per heavy atom. The van der Waals surface area contributed by atoms with E-state index in [1.54, 1.807) is 19.2 Å². The van der Waals surface area contributed by atoms with Gasteiger partial charge in [-0.1, -0.05) is 29.8 Å². The molecule has 0 aliphatic carbocycles. The lowest BCUT2D eigenvalue weighted by Gasteiger charge is -2.37. The molecule has 1 fully saturated rings.